The van der Waals surface area contributed by atoms with Crippen molar-refractivity contribution in [1.29, 1.82) is 5.26 Å². The molecule has 1 amide bonds. The van der Waals surface area contributed by atoms with Gasteiger partial charge in [-0.3, -0.25) is 9.69 Å². The first-order chi connectivity index (χ1) is 11.5. The lowest BCUT2D eigenvalue weighted by atomic mass is 9.92. The van der Waals surface area contributed by atoms with Gasteiger partial charge in [0, 0.05) is 6.04 Å². The molecule has 130 valence electrons. The van der Waals surface area contributed by atoms with Crippen molar-refractivity contribution in [3.05, 3.63) is 29.8 Å². The Morgan fingerprint density at radius 3 is 2.62 bits per heavy atom. The number of carbonyl (C=O) groups is 1. The maximum absolute atomic E-state index is 12.4. The lowest BCUT2D eigenvalue weighted by Crippen LogP contribution is -2.50. The molecule has 0 heterocycles. The Kier molecular flexibility index (Phi) is 6.22. The topological polar surface area (TPSA) is 76.4 Å². The van der Waals surface area contributed by atoms with Gasteiger partial charge in [0.2, 0.25) is 5.91 Å². The largest absolute Gasteiger partial charge is 0.508 e. The maximum atomic E-state index is 12.4. The van der Waals surface area contributed by atoms with Crippen molar-refractivity contribution in [1.82, 2.24) is 10.2 Å². The molecule has 2 N–H and O–H groups in total. The van der Waals surface area contributed by atoms with Gasteiger partial charge >= 0.3 is 0 Å². The lowest BCUT2D eigenvalue weighted by Gasteiger charge is -2.29. The highest BCUT2D eigenvalue weighted by Gasteiger charge is 2.32. The number of hydrogen-bond donors (Lipinski definition) is 2. The van der Waals surface area contributed by atoms with Gasteiger partial charge in [-0.1, -0.05) is 37.8 Å². The molecule has 1 saturated carbocycles. The van der Waals surface area contributed by atoms with Crippen LogP contribution in [0.2, 0.25) is 0 Å². The van der Waals surface area contributed by atoms with Crippen LogP contribution < -0.4 is 5.32 Å². The number of hydrogen-bond acceptors (Lipinski definition) is 4. The molecule has 0 radical (unpaired) electrons. The number of nitriles is 1. The standard InChI is InChI=1S/C19H27N3O2/c1-15(16-8-7-9-17(23)12-16)22(2)13-18(24)21-19(14-20)10-5-3-4-6-11-19/h7-9,12,15,23H,3-6,10-11,13H2,1-2H3,(H,21,24). The normalized spacial score (nSPS) is 18.4. The summed E-state index contributed by atoms with van der Waals surface area (Å²) in [6, 6.07) is 9.41. The SMILES string of the molecule is CC(c1cccc(O)c1)N(C)CC(=O)NC1(C#N)CCCCCC1. The van der Waals surface area contributed by atoms with Gasteiger partial charge in [0.15, 0.2) is 0 Å². The fraction of sp³-hybridized carbons (Fsp3) is 0.579. The molecule has 1 atom stereocenters. The van der Waals surface area contributed by atoms with Crippen molar-refractivity contribution < 1.29 is 9.90 Å². The molecule has 24 heavy (non-hydrogen) atoms. The van der Waals surface area contributed by atoms with E-state index < -0.39 is 5.54 Å². The van der Waals surface area contributed by atoms with Crippen molar-refractivity contribution in [3.63, 3.8) is 0 Å². The van der Waals surface area contributed by atoms with Crippen molar-refractivity contribution in [3.8, 4) is 11.8 Å². The second kappa shape index (κ2) is 8.16. The summed E-state index contributed by atoms with van der Waals surface area (Å²) >= 11 is 0. The Bertz CT molecular complexity index is 601. The number of aromatic hydroxyl groups is 1. The summed E-state index contributed by atoms with van der Waals surface area (Å²) in [5.41, 5.74) is 0.248. The number of amides is 1. The number of nitrogens with one attached hydrogen (secondary N) is 1. The molecular formula is C19H27N3O2. The molecule has 5 nitrogen and oxygen atoms in total. The van der Waals surface area contributed by atoms with Crippen LogP contribution in [-0.4, -0.2) is 35.0 Å². The van der Waals surface area contributed by atoms with Crippen LogP contribution >= 0.6 is 0 Å². The summed E-state index contributed by atoms with van der Waals surface area (Å²) in [5.74, 6) is 0.104. The van der Waals surface area contributed by atoms with E-state index in [-0.39, 0.29) is 24.2 Å². The number of likely N-dealkylation sites (N-methyl/N-ethyl adjacent to an activating group) is 1. The van der Waals surface area contributed by atoms with E-state index in [1.807, 2.05) is 24.9 Å². The minimum Gasteiger partial charge on any atom is -0.508 e. The van der Waals surface area contributed by atoms with Crippen molar-refractivity contribution >= 4 is 5.91 Å². The average molecular weight is 329 g/mol. The highest BCUT2D eigenvalue weighted by Crippen LogP contribution is 2.27. The zero-order chi connectivity index (χ0) is 17.6. The van der Waals surface area contributed by atoms with Gasteiger partial charge in [-0.25, -0.2) is 0 Å². The molecule has 1 aliphatic carbocycles. The third-order valence-electron chi connectivity index (χ3n) is 4.96. The quantitative estimate of drug-likeness (QED) is 0.814. The lowest BCUT2D eigenvalue weighted by molar-refractivity contribution is -0.123. The van der Waals surface area contributed by atoms with E-state index in [9.17, 15) is 15.2 Å². The number of carbonyl (C=O) groups excluding carboxylic acids is 1. The van der Waals surface area contributed by atoms with Gasteiger partial charge in [-0.05, 0) is 44.5 Å². The molecule has 2 rings (SSSR count). The van der Waals surface area contributed by atoms with Gasteiger partial charge < -0.3 is 10.4 Å². The second-order valence-electron chi connectivity index (χ2n) is 6.84. The van der Waals surface area contributed by atoms with Crippen LogP contribution in [0.25, 0.3) is 0 Å². The summed E-state index contributed by atoms with van der Waals surface area (Å²) in [6.07, 6.45) is 5.72. The van der Waals surface area contributed by atoms with Gasteiger partial charge in [-0.2, -0.15) is 5.26 Å². The Labute approximate surface area is 144 Å². The summed E-state index contributed by atoms with van der Waals surface area (Å²) in [7, 11) is 1.88. The van der Waals surface area contributed by atoms with Crippen LogP contribution in [0.4, 0.5) is 0 Å². The highest BCUT2D eigenvalue weighted by molar-refractivity contribution is 5.79. The smallest absolute Gasteiger partial charge is 0.235 e. The number of rotatable bonds is 5. The molecule has 1 aromatic carbocycles. The average Bonchev–Trinajstić information content (AvgIpc) is 2.80. The molecule has 0 spiro atoms. The van der Waals surface area contributed by atoms with Crippen LogP contribution in [0, 0.1) is 11.3 Å². The zero-order valence-corrected chi connectivity index (χ0v) is 14.6. The van der Waals surface area contributed by atoms with E-state index in [1.165, 1.54) is 0 Å². The van der Waals surface area contributed by atoms with Crippen LogP contribution in [0.3, 0.4) is 0 Å². The fourth-order valence-corrected chi connectivity index (χ4v) is 3.31. The van der Waals surface area contributed by atoms with Crippen LogP contribution in [0.15, 0.2) is 24.3 Å². The van der Waals surface area contributed by atoms with E-state index >= 15 is 0 Å². The summed E-state index contributed by atoms with van der Waals surface area (Å²) in [6.45, 7) is 2.22. The molecular weight excluding hydrogens is 302 g/mol. The predicted molar refractivity (Wildman–Crippen MR) is 93.3 cm³/mol. The Morgan fingerprint density at radius 1 is 1.38 bits per heavy atom. The third-order valence-corrected chi connectivity index (χ3v) is 4.96. The maximum Gasteiger partial charge on any atom is 0.235 e. The Balaban J connectivity index is 1.96. The Hall–Kier alpha value is -2.06. The fourth-order valence-electron chi connectivity index (χ4n) is 3.31. The molecule has 0 aliphatic heterocycles. The first-order valence-corrected chi connectivity index (χ1v) is 8.67. The molecule has 0 bridgehead atoms. The molecule has 0 saturated heterocycles. The van der Waals surface area contributed by atoms with E-state index in [0.717, 1.165) is 44.1 Å². The van der Waals surface area contributed by atoms with Crippen molar-refractivity contribution in [2.45, 2.75) is 57.0 Å². The third kappa shape index (κ3) is 4.72. The first-order valence-electron chi connectivity index (χ1n) is 8.67. The summed E-state index contributed by atoms with van der Waals surface area (Å²) < 4.78 is 0. The summed E-state index contributed by atoms with van der Waals surface area (Å²) in [5, 5.41) is 22.1. The van der Waals surface area contributed by atoms with Gasteiger partial charge in [0.25, 0.3) is 0 Å². The molecule has 1 unspecified atom stereocenters. The van der Waals surface area contributed by atoms with Gasteiger partial charge in [0.1, 0.15) is 11.3 Å². The van der Waals surface area contributed by atoms with Crippen molar-refractivity contribution in [2.24, 2.45) is 0 Å². The van der Waals surface area contributed by atoms with Crippen LogP contribution in [0.1, 0.15) is 57.1 Å². The number of phenols is 1. The number of benzene rings is 1. The molecule has 1 aliphatic rings. The monoisotopic (exact) mass is 329 g/mol. The van der Waals surface area contributed by atoms with E-state index in [2.05, 4.69) is 11.4 Å². The number of phenolic OH excluding ortho intramolecular Hbond substituents is 1. The molecule has 0 aromatic heterocycles. The summed E-state index contributed by atoms with van der Waals surface area (Å²) in [4.78, 5) is 14.4. The van der Waals surface area contributed by atoms with E-state index in [0.29, 0.717) is 0 Å². The number of nitrogens with zero attached hydrogens (tertiary/aromatic N) is 2. The van der Waals surface area contributed by atoms with E-state index in [1.54, 1.807) is 18.2 Å². The van der Waals surface area contributed by atoms with Crippen LogP contribution in [0.5, 0.6) is 5.75 Å². The zero-order valence-electron chi connectivity index (χ0n) is 14.6. The van der Waals surface area contributed by atoms with Crippen molar-refractivity contribution in [2.75, 3.05) is 13.6 Å². The second-order valence-corrected chi connectivity index (χ2v) is 6.84. The molecule has 1 fully saturated rings. The van der Waals surface area contributed by atoms with E-state index in [4.69, 9.17) is 0 Å². The van der Waals surface area contributed by atoms with Gasteiger partial charge in [0.05, 0.1) is 12.6 Å². The minimum absolute atomic E-state index is 0.00461. The minimum atomic E-state index is -0.706. The Morgan fingerprint density at radius 2 is 2.04 bits per heavy atom. The first kappa shape index (κ1) is 18.3. The molecule has 1 aromatic rings. The van der Waals surface area contributed by atoms with Gasteiger partial charge in [-0.15, -0.1) is 0 Å². The van der Waals surface area contributed by atoms with Crippen LogP contribution in [-0.2, 0) is 4.79 Å². The highest BCUT2D eigenvalue weighted by atomic mass is 16.3. The predicted octanol–water partition coefficient (Wildman–Crippen LogP) is 3.12. The molecule has 5 heteroatoms.